The van der Waals surface area contributed by atoms with Gasteiger partial charge < -0.3 is 5.32 Å². The van der Waals surface area contributed by atoms with Gasteiger partial charge in [-0.2, -0.15) is 5.10 Å². The second kappa shape index (κ2) is 3.98. The van der Waals surface area contributed by atoms with E-state index in [2.05, 4.69) is 29.2 Å². The zero-order chi connectivity index (χ0) is 10.8. The number of nitrogens with one attached hydrogen (secondary N) is 1. The van der Waals surface area contributed by atoms with Crippen molar-refractivity contribution < 1.29 is 0 Å². The van der Waals surface area contributed by atoms with E-state index in [0.717, 1.165) is 11.3 Å². The van der Waals surface area contributed by atoms with Gasteiger partial charge in [0.25, 0.3) is 0 Å². The lowest BCUT2D eigenvalue weighted by Crippen LogP contribution is -2.27. The van der Waals surface area contributed by atoms with Crippen LogP contribution >= 0.6 is 0 Å². The fourth-order valence-electron chi connectivity index (χ4n) is 1.59. The molecule has 0 amide bonds. The lowest BCUT2D eigenvalue weighted by Gasteiger charge is -2.18. The molecule has 2 atom stereocenters. The first-order valence-electron chi connectivity index (χ1n) is 5.20. The molecule has 0 fully saturated rings. The summed E-state index contributed by atoms with van der Waals surface area (Å²) in [7, 11) is 1.97. The predicted octanol–water partition coefficient (Wildman–Crippen LogP) is 1.44. The molecule has 0 bridgehead atoms. The van der Waals surface area contributed by atoms with E-state index in [4.69, 9.17) is 0 Å². The Morgan fingerprint density at radius 3 is 2.87 bits per heavy atom. The Bertz CT molecular complexity index is 449. The minimum absolute atomic E-state index is 0.398. The molecule has 15 heavy (non-hydrogen) atoms. The first-order valence-corrected chi connectivity index (χ1v) is 5.20. The van der Waals surface area contributed by atoms with Gasteiger partial charge in [0.15, 0.2) is 5.65 Å². The van der Waals surface area contributed by atoms with Gasteiger partial charge in [0, 0.05) is 29.9 Å². The third-order valence-electron chi connectivity index (χ3n) is 2.95. The van der Waals surface area contributed by atoms with Gasteiger partial charge in [0.1, 0.15) is 0 Å². The van der Waals surface area contributed by atoms with Gasteiger partial charge in [-0.3, -0.25) is 0 Å². The third kappa shape index (κ3) is 1.85. The molecule has 1 N–H and O–H groups in total. The summed E-state index contributed by atoms with van der Waals surface area (Å²) in [5, 5.41) is 7.37. The van der Waals surface area contributed by atoms with E-state index in [1.807, 2.05) is 25.4 Å². The molecule has 0 aliphatic carbocycles. The second-order valence-electron chi connectivity index (χ2n) is 3.85. The molecule has 0 spiro atoms. The minimum Gasteiger partial charge on any atom is -0.317 e. The highest BCUT2D eigenvalue weighted by Crippen LogP contribution is 2.16. The van der Waals surface area contributed by atoms with E-state index in [1.54, 1.807) is 10.7 Å². The Morgan fingerprint density at radius 2 is 2.13 bits per heavy atom. The van der Waals surface area contributed by atoms with Crippen molar-refractivity contribution in [1.29, 1.82) is 0 Å². The summed E-state index contributed by atoms with van der Waals surface area (Å²) in [6.45, 7) is 4.34. The number of nitrogens with zero attached hydrogens (tertiary/aromatic N) is 3. The number of aromatic nitrogens is 3. The van der Waals surface area contributed by atoms with Crippen molar-refractivity contribution in [2.24, 2.45) is 0 Å². The summed E-state index contributed by atoms with van der Waals surface area (Å²) in [6.07, 6.45) is 3.72. The number of hydrogen-bond acceptors (Lipinski definition) is 3. The zero-order valence-corrected chi connectivity index (χ0v) is 9.31. The number of fused-ring (bicyclic) bond motifs is 1. The van der Waals surface area contributed by atoms with Crippen LogP contribution in [0, 0.1) is 0 Å². The Hall–Kier alpha value is -1.42. The molecule has 4 heteroatoms. The Labute approximate surface area is 89.3 Å². The van der Waals surface area contributed by atoms with Crippen LogP contribution < -0.4 is 5.32 Å². The average Bonchev–Trinajstić information content (AvgIpc) is 2.73. The highest BCUT2D eigenvalue weighted by Gasteiger charge is 2.14. The maximum atomic E-state index is 4.56. The first-order chi connectivity index (χ1) is 7.22. The summed E-state index contributed by atoms with van der Waals surface area (Å²) >= 11 is 0. The van der Waals surface area contributed by atoms with E-state index in [1.165, 1.54) is 0 Å². The summed E-state index contributed by atoms with van der Waals surface area (Å²) in [4.78, 5) is 4.56. The summed E-state index contributed by atoms with van der Waals surface area (Å²) in [5.41, 5.74) is 2.01. The number of likely N-dealkylation sites (N-methyl/N-ethyl adjacent to an activating group) is 1. The van der Waals surface area contributed by atoms with Crippen molar-refractivity contribution in [2.75, 3.05) is 7.05 Å². The Kier molecular flexibility index (Phi) is 2.68. The first kappa shape index (κ1) is 10.1. The second-order valence-corrected chi connectivity index (χ2v) is 3.85. The van der Waals surface area contributed by atoms with Crippen molar-refractivity contribution >= 4 is 5.65 Å². The lowest BCUT2D eigenvalue weighted by molar-refractivity contribution is 0.515. The summed E-state index contributed by atoms with van der Waals surface area (Å²) in [5.74, 6) is 0.398. The van der Waals surface area contributed by atoms with Crippen molar-refractivity contribution in [3.8, 4) is 0 Å². The molecule has 0 aliphatic heterocycles. The molecule has 2 rings (SSSR count). The third-order valence-corrected chi connectivity index (χ3v) is 2.95. The molecule has 4 nitrogen and oxygen atoms in total. The van der Waals surface area contributed by atoms with Crippen LogP contribution in [0.25, 0.3) is 5.65 Å². The molecule has 2 aromatic heterocycles. The SMILES string of the molecule is CNC(C)C(C)c1ccn2nccc2n1. The van der Waals surface area contributed by atoms with E-state index in [9.17, 15) is 0 Å². The van der Waals surface area contributed by atoms with Crippen LogP contribution in [-0.2, 0) is 0 Å². The van der Waals surface area contributed by atoms with Crippen LogP contribution in [0.1, 0.15) is 25.5 Å². The van der Waals surface area contributed by atoms with Gasteiger partial charge in [-0.1, -0.05) is 6.92 Å². The molecule has 0 aliphatic rings. The van der Waals surface area contributed by atoms with E-state index < -0.39 is 0 Å². The molecular formula is C11H16N4. The fourth-order valence-corrected chi connectivity index (χ4v) is 1.59. The molecule has 80 valence electrons. The zero-order valence-electron chi connectivity index (χ0n) is 9.31. The Balaban J connectivity index is 2.35. The molecule has 0 saturated heterocycles. The molecular weight excluding hydrogens is 188 g/mol. The molecule has 0 aromatic carbocycles. The van der Waals surface area contributed by atoms with Crippen LogP contribution in [0.15, 0.2) is 24.5 Å². The van der Waals surface area contributed by atoms with E-state index in [-0.39, 0.29) is 0 Å². The van der Waals surface area contributed by atoms with Crippen molar-refractivity contribution in [2.45, 2.75) is 25.8 Å². The van der Waals surface area contributed by atoms with Gasteiger partial charge in [-0.15, -0.1) is 0 Å². The predicted molar refractivity (Wildman–Crippen MR) is 59.9 cm³/mol. The largest absolute Gasteiger partial charge is 0.317 e. The summed E-state index contributed by atoms with van der Waals surface area (Å²) in [6, 6.07) is 4.36. The van der Waals surface area contributed by atoms with Crippen LogP contribution in [0.4, 0.5) is 0 Å². The monoisotopic (exact) mass is 204 g/mol. The molecule has 2 heterocycles. The van der Waals surface area contributed by atoms with Crippen LogP contribution in [-0.4, -0.2) is 27.7 Å². The van der Waals surface area contributed by atoms with Crippen LogP contribution in [0.5, 0.6) is 0 Å². The maximum Gasteiger partial charge on any atom is 0.155 e. The molecule has 0 radical (unpaired) electrons. The van der Waals surface area contributed by atoms with Crippen molar-refractivity contribution in [1.82, 2.24) is 19.9 Å². The van der Waals surface area contributed by atoms with Gasteiger partial charge in [0.2, 0.25) is 0 Å². The van der Waals surface area contributed by atoms with Gasteiger partial charge >= 0.3 is 0 Å². The van der Waals surface area contributed by atoms with Crippen LogP contribution in [0.3, 0.4) is 0 Å². The molecule has 2 aromatic rings. The van der Waals surface area contributed by atoms with Gasteiger partial charge in [-0.05, 0) is 20.0 Å². The van der Waals surface area contributed by atoms with Gasteiger partial charge in [-0.25, -0.2) is 9.50 Å². The van der Waals surface area contributed by atoms with E-state index in [0.29, 0.717) is 12.0 Å². The lowest BCUT2D eigenvalue weighted by atomic mass is 10.00. The number of hydrogen-bond donors (Lipinski definition) is 1. The van der Waals surface area contributed by atoms with Crippen molar-refractivity contribution in [3.63, 3.8) is 0 Å². The average molecular weight is 204 g/mol. The quantitative estimate of drug-likeness (QED) is 0.822. The van der Waals surface area contributed by atoms with Crippen molar-refractivity contribution in [3.05, 3.63) is 30.2 Å². The molecule has 0 saturated carbocycles. The van der Waals surface area contributed by atoms with Crippen LogP contribution in [0.2, 0.25) is 0 Å². The van der Waals surface area contributed by atoms with Gasteiger partial charge in [0.05, 0.1) is 6.20 Å². The highest BCUT2D eigenvalue weighted by atomic mass is 15.2. The van der Waals surface area contributed by atoms with E-state index >= 15 is 0 Å². The fraction of sp³-hybridized carbons (Fsp3) is 0.455. The minimum atomic E-state index is 0.398. The molecule has 2 unspecified atom stereocenters. The standard InChI is InChI=1S/C11H16N4/c1-8(9(2)12-3)10-5-7-15-11(14-10)4-6-13-15/h4-9,12H,1-3H3. The topological polar surface area (TPSA) is 42.2 Å². The number of rotatable bonds is 3. The summed E-state index contributed by atoms with van der Waals surface area (Å²) < 4.78 is 1.78. The highest BCUT2D eigenvalue weighted by molar-refractivity contribution is 5.37. The normalized spacial score (nSPS) is 15.4. The Morgan fingerprint density at radius 1 is 1.33 bits per heavy atom. The smallest absolute Gasteiger partial charge is 0.155 e. The maximum absolute atomic E-state index is 4.56.